The molecule has 0 bridgehead atoms. The molecule has 0 unspecified atom stereocenters. The molecule has 2 heterocycles. The van der Waals surface area contributed by atoms with Crippen LogP contribution in [0, 0.1) is 6.92 Å². The summed E-state index contributed by atoms with van der Waals surface area (Å²) in [6.07, 6.45) is 5.23. The van der Waals surface area contributed by atoms with Crippen molar-refractivity contribution in [2.45, 2.75) is 65.5 Å². The number of nitrogens with one attached hydrogen (secondary N) is 1. The predicted octanol–water partition coefficient (Wildman–Crippen LogP) is 5.47. The second kappa shape index (κ2) is 12.9. The molecule has 0 radical (unpaired) electrons. The third-order valence-electron chi connectivity index (χ3n) is 5.88. The number of nitrogens with zero attached hydrogens (tertiary/aromatic N) is 4. The molecule has 0 amide bonds. The summed E-state index contributed by atoms with van der Waals surface area (Å²) in [7, 11) is 3.88. The maximum Gasteiger partial charge on any atom is 0.245 e. The van der Waals surface area contributed by atoms with Crippen molar-refractivity contribution < 1.29 is 9.26 Å². The minimum absolute atomic E-state index is 0.0397. The quantitative estimate of drug-likeness (QED) is 0.301. The highest BCUT2D eigenvalue weighted by Crippen LogP contribution is 2.44. The lowest BCUT2D eigenvalue weighted by atomic mass is 9.81. The Labute approximate surface area is 204 Å². The number of hydrogen-bond acceptors (Lipinski definition) is 7. The maximum absolute atomic E-state index is 6.17. The number of aryl methyl sites for hydroxylation is 1. The van der Waals surface area contributed by atoms with Crippen LogP contribution in [0.2, 0.25) is 0 Å². The van der Waals surface area contributed by atoms with Gasteiger partial charge >= 0.3 is 0 Å². The largest absolute Gasteiger partial charge is 0.374 e. The lowest BCUT2D eigenvalue weighted by molar-refractivity contribution is 0.103. The van der Waals surface area contributed by atoms with Crippen LogP contribution in [-0.4, -0.2) is 42.0 Å². The summed E-state index contributed by atoms with van der Waals surface area (Å²) in [4.78, 5) is 10.9. The highest BCUT2D eigenvalue weighted by Gasteiger charge is 2.44. The van der Waals surface area contributed by atoms with Crippen LogP contribution in [0.1, 0.15) is 69.5 Å². The highest BCUT2D eigenvalue weighted by atomic mass is 16.5. The van der Waals surface area contributed by atoms with Gasteiger partial charge in [-0.05, 0) is 32.3 Å². The molecular formula is C27H39N5O2. The molecule has 7 heteroatoms. The van der Waals surface area contributed by atoms with Crippen molar-refractivity contribution in [3.63, 3.8) is 0 Å². The number of aliphatic imine (C=N–C) groups is 1. The zero-order valence-corrected chi connectivity index (χ0v) is 21.7. The lowest BCUT2D eigenvalue weighted by Crippen LogP contribution is -2.27. The fourth-order valence-electron chi connectivity index (χ4n) is 3.79. The van der Waals surface area contributed by atoms with Gasteiger partial charge < -0.3 is 19.5 Å². The Morgan fingerprint density at radius 1 is 1.32 bits per heavy atom. The summed E-state index contributed by atoms with van der Waals surface area (Å²) in [5.74, 6) is 1.21. The Kier molecular flexibility index (Phi) is 10.3. The van der Waals surface area contributed by atoms with Crippen LogP contribution in [0.3, 0.4) is 0 Å². The van der Waals surface area contributed by atoms with E-state index in [-0.39, 0.29) is 11.5 Å². The van der Waals surface area contributed by atoms with E-state index >= 15 is 0 Å². The summed E-state index contributed by atoms with van der Waals surface area (Å²) in [6, 6.07) is 8.52. The summed E-state index contributed by atoms with van der Waals surface area (Å²) in [6.45, 7) is 14.8. The van der Waals surface area contributed by atoms with E-state index in [1.54, 1.807) is 12.4 Å². The number of aromatic nitrogens is 2. The molecule has 0 aliphatic carbocycles. The Balaban J connectivity index is 0.00000199. The van der Waals surface area contributed by atoms with E-state index in [1.807, 2.05) is 39.8 Å². The van der Waals surface area contributed by atoms with Gasteiger partial charge in [0.25, 0.3) is 0 Å². The number of rotatable bonds is 9. The van der Waals surface area contributed by atoms with Crippen LogP contribution in [0.15, 0.2) is 63.7 Å². The second-order valence-electron chi connectivity index (χ2n) is 8.28. The van der Waals surface area contributed by atoms with Gasteiger partial charge in [0.2, 0.25) is 5.89 Å². The van der Waals surface area contributed by atoms with Crippen LogP contribution in [0.4, 0.5) is 0 Å². The van der Waals surface area contributed by atoms with Gasteiger partial charge in [-0.2, -0.15) is 4.98 Å². The van der Waals surface area contributed by atoms with Crippen molar-refractivity contribution >= 4 is 6.21 Å². The molecule has 3 rings (SSSR count). The Hall–Kier alpha value is -3.15. The molecule has 0 spiro atoms. The normalized spacial score (nSPS) is 20.0. The molecular weight excluding hydrogens is 426 g/mol. The van der Waals surface area contributed by atoms with Crippen molar-refractivity contribution in [1.82, 2.24) is 20.4 Å². The first-order chi connectivity index (χ1) is 16.4. The first kappa shape index (κ1) is 27.1. The topological polar surface area (TPSA) is 75.8 Å². The second-order valence-corrected chi connectivity index (χ2v) is 8.28. The van der Waals surface area contributed by atoms with Crippen LogP contribution in [-0.2, 0) is 16.7 Å². The highest BCUT2D eigenvalue weighted by molar-refractivity contribution is 5.54. The average Bonchev–Trinajstić information content (AvgIpc) is 3.51. The summed E-state index contributed by atoms with van der Waals surface area (Å²) >= 11 is 0. The fourth-order valence-corrected chi connectivity index (χ4v) is 3.79. The molecule has 1 saturated heterocycles. The van der Waals surface area contributed by atoms with E-state index in [1.165, 1.54) is 11.1 Å². The van der Waals surface area contributed by atoms with E-state index in [0.717, 1.165) is 18.5 Å². The molecule has 1 aromatic carbocycles. The molecule has 1 aliphatic rings. The molecule has 2 aromatic rings. The third-order valence-corrected chi connectivity index (χ3v) is 5.88. The molecule has 1 aliphatic heterocycles. The zero-order chi connectivity index (χ0) is 25.1. The van der Waals surface area contributed by atoms with Crippen LogP contribution in [0.5, 0.6) is 0 Å². The van der Waals surface area contributed by atoms with Gasteiger partial charge in [-0.3, -0.25) is 4.99 Å². The molecule has 1 fully saturated rings. The summed E-state index contributed by atoms with van der Waals surface area (Å²) in [5.41, 5.74) is 6.68. The molecule has 2 atom stereocenters. The Morgan fingerprint density at radius 2 is 2.03 bits per heavy atom. The first-order valence-corrected chi connectivity index (χ1v) is 11.9. The van der Waals surface area contributed by atoms with Crippen molar-refractivity contribution in [1.29, 1.82) is 0 Å². The SMILES string of the molecule is C=C=C(NCc1nc([C@]2(CC)CO[C@@H](c3ccc(C)cc3)C2)no1)/C(=C/N=CC)N(C)C.CC. The van der Waals surface area contributed by atoms with Crippen molar-refractivity contribution in [2.24, 2.45) is 4.99 Å². The van der Waals surface area contributed by atoms with Gasteiger partial charge in [0.1, 0.15) is 5.70 Å². The van der Waals surface area contributed by atoms with E-state index < -0.39 is 0 Å². The van der Waals surface area contributed by atoms with E-state index in [0.29, 0.717) is 30.6 Å². The monoisotopic (exact) mass is 465 g/mol. The van der Waals surface area contributed by atoms with Crippen molar-refractivity contribution in [3.05, 3.63) is 77.0 Å². The van der Waals surface area contributed by atoms with Gasteiger partial charge in [0.05, 0.1) is 36.6 Å². The summed E-state index contributed by atoms with van der Waals surface area (Å²) < 4.78 is 11.7. The van der Waals surface area contributed by atoms with Gasteiger partial charge in [-0.25, -0.2) is 0 Å². The van der Waals surface area contributed by atoms with Crippen molar-refractivity contribution in [2.75, 3.05) is 20.7 Å². The third kappa shape index (κ3) is 6.46. The van der Waals surface area contributed by atoms with E-state index in [9.17, 15) is 0 Å². The molecule has 34 heavy (non-hydrogen) atoms. The maximum atomic E-state index is 6.17. The van der Waals surface area contributed by atoms with Gasteiger partial charge in [-0.15, -0.1) is 5.73 Å². The number of ether oxygens (including phenoxy) is 1. The number of benzene rings is 1. The number of hydrogen-bond donors (Lipinski definition) is 1. The van der Waals surface area contributed by atoms with Gasteiger partial charge in [-0.1, -0.05) is 62.3 Å². The van der Waals surface area contributed by atoms with Gasteiger partial charge in [0, 0.05) is 20.3 Å². The van der Waals surface area contributed by atoms with Gasteiger partial charge in [0.15, 0.2) is 5.82 Å². The van der Waals surface area contributed by atoms with Crippen LogP contribution in [0.25, 0.3) is 0 Å². The molecule has 1 N–H and O–H groups in total. The Bertz CT molecular complexity index is 1020. The minimum Gasteiger partial charge on any atom is -0.374 e. The Morgan fingerprint density at radius 3 is 2.62 bits per heavy atom. The standard InChI is InChI=1S/C25H33N5O2.C2H6/c1-7-20(21(30(5)6)15-26-9-3)27-16-23-28-24(29-32-23)25(8-2)14-22(31-17-25)19-12-10-18(4)11-13-19;1-2/h9-13,15,22,27H,1,8,14,16-17H2,2-6H3;1-2H3/b21-15-,26-9?;/t22-,25+;/m1./s1. The van der Waals surface area contributed by atoms with Crippen LogP contribution < -0.4 is 5.32 Å². The van der Waals surface area contributed by atoms with Crippen LogP contribution >= 0.6 is 0 Å². The molecule has 1 aromatic heterocycles. The average molecular weight is 466 g/mol. The summed E-state index contributed by atoms with van der Waals surface area (Å²) in [5, 5.41) is 7.60. The molecule has 0 saturated carbocycles. The molecule has 7 nitrogen and oxygen atoms in total. The molecule has 184 valence electrons. The lowest BCUT2D eigenvalue weighted by Gasteiger charge is -2.21. The van der Waals surface area contributed by atoms with E-state index in [4.69, 9.17) is 14.2 Å². The fraction of sp³-hybridized carbons (Fsp3) is 0.481. The number of likely N-dealkylation sites (N-methyl/N-ethyl adjacent to an activating group) is 1. The predicted molar refractivity (Wildman–Crippen MR) is 138 cm³/mol. The minimum atomic E-state index is -0.251. The zero-order valence-electron chi connectivity index (χ0n) is 21.7. The first-order valence-electron chi connectivity index (χ1n) is 11.9. The smallest absolute Gasteiger partial charge is 0.245 e. The van der Waals surface area contributed by atoms with Crippen molar-refractivity contribution in [3.8, 4) is 0 Å². The van der Waals surface area contributed by atoms with E-state index in [2.05, 4.69) is 65.9 Å².